The predicted molar refractivity (Wildman–Crippen MR) is 65.6 cm³/mol. The summed E-state index contributed by atoms with van der Waals surface area (Å²) in [5.74, 6) is 0. The van der Waals surface area contributed by atoms with Gasteiger partial charge >= 0.3 is 0 Å². The van der Waals surface area contributed by atoms with E-state index in [1.807, 2.05) is 0 Å². The minimum absolute atomic E-state index is 0.0232. The molecule has 0 aliphatic carbocycles. The first kappa shape index (κ1) is 12.1. The molecule has 0 spiro atoms. The SMILES string of the molecule is CC(c1cccc(Cl)c1)S(=O)(=O)c1ncc[nH]1. The van der Waals surface area contributed by atoms with Crippen LogP contribution in [0.4, 0.5) is 0 Å². The maximum absolute atomic E-state index is 12.2. The van der Waals surface area contributed by atoms with Crippen LogP contribution in [0, 0.1) is 0 Å². The van der Waals surface area contributed by atoms with Crippen LogP contribution in [0.15, 0.2) is 41.8 Å². The Labute approximate surface area is 105 Å². The molecule has 0 aliphatic rings. The third-order valence-corrected chi connectivity index (χ3v) is 4.73. The second-order valence-corrected chi connectivity index (χ2v) is 6.26. The van der Waals surface area contributed by atoms with Gasteiger partial charge in [0.2, 0.25) is 15.0 Å². The minimum Gasteiger partial charge on any atom is -0.336 e. The quantitative estimate of drug-likeness (QED) is 0.932. The minimum atomic E-state index is -3.49. The second kappa shape index (κ2) is 4.50. The molecule has 0 radical (unpaired) electrons. The monoisotopic (exact) mass is 270 g/mol. The lowest BCUT2D eigenvalue weighted by molar-refractivity contribution is 0.578. The number of H-pyrrole nitrogens is 1. The van der Waals surface area contributed by atoms with Crippen LogP contribution >= 0.6 is 11.6 Å². The lowest BCUT2D eigenvalue weighted by Gasteiger charge is -2.11. The molecule has 1 aromatic carbocycles. The van der Waals surface area contributed by atoms with Crippen LogP contribution in [-0.2, 0) is 9.84 Å². The normalized spacial score (nSPS) is 13.5. The van der Waals surface area contributed by atoms with Crippen molar-refractivity contribution in [3.05, 3.63) is 47.2 Å². The number of hydrogen-bond donors (Lipinski definition) is 1. The smallest absolute Gasteiger partial charge is 0.225 e. The molecule has 0 fully saturated rings. The van der Waals surface area contributed by atoms with Crippen molar-refractivity contribution < 1.29 is 8.42 Å². The van der Waals surface area contributed by atoms with Crippen molar-refractivity contribution in [1.29, 1.82) is 0 Å². The number of halogens is 1. The van der Waals surface area contributed by atoms with Crippen LogP contribution in [0.1, 0.15) is 17.7 Å². The van der Waals surface area contributed by atoms with Crippen LogP contribution in [0.3, 0.4) is 0 Å². The Morgan fingerprint density at radius 3 is 2.76 bits per heavy atom. The topological polar surface area (TPSA) is 62.8 Å². The molecule has 1 atom stereocenters. The first-order valence-corrected chi connectivity index (χ1v) is 6.93. The van der Waals surface area contributed by atoms with Crippen molar-refractivity contribution in [3.63, 3.8) is 0 Å². The summed E-state index contributed by atoms with van der Waals surface area (Å²) in [6.07, 6.45) is 2.90. The van der Waals surface area contributed by atoms with Gasteiger partial charge in [-0.1, -0.05) is 23.7 Å². The van der Waals surface area contributed by atoms with Crippen LogP contribution in [-0.4, -0.2) is 18.4 Å². The summed E-state index contributed by atoms with van der Waals surface area (Å²) in [6.45, 7) is 1.61. The van der Waals surface area contributed by atoms with Crippen molar-refractivity contribution in [2.24, 2.45) is 0 Å². The molecule has 90 valence electrons. The molecular formula is C11H11ClN2O2S. The van der Waals surface area contributed by atoms with Crippen molar-refractivity contribution >= 4 is 21.4 Å². The Morgan fingerprint density at radius 2 is 2.18 bits per heavy atom. The average molecular weight is 271 g/mol. The average Bonchev–Trinajstić information content (AvgIpc) is 2.82. The molecule has 17 heavy (non-hydrogen) atoms. The molecule has 0 aliphatic heterocycles. The number of benzene rings is 1. The number of imidazole rings is 1. The molecule has 0 saturated carbocycles. The van der Waals surface area contributed by atoms with Crippen LogP contribution in [0.5, 0.6) is 0 Å². The fraction of sp³-hybridized carbons (Fsp3) is 0.182. The van der Waals surface area contributed by atoms with Crippen molar-refractivity contribution in [2.75, 3.05) is 0 Å². The highest BCUT2D eigenvalue weighted by atomic mass is 35.5. The summed E-state index contributed by atoms with van der Waals surface area (Å²) in [7, 11) is -3.49. The Morgan fingerprint density at radius 1 is 1.41 bits per heavy atom. The fourth-order valence-corrected chi connectivity index (χ4v) is 2.99. The third-order valence-electron chi connectivity index (χ3n) is 2.53. The van der Waals surface area contributed by atoms with Gasteiger partial charge in [-0.2, -0.15) is 0 Å². The van der Waals surface area contributed by atoms with Gasteiger partial charge in [0.05, 0.1) is 5.25 Å². The summed E-state index contributed by atoms with van der Waals surface area (Å²) < 4.78 is 24.3. The van der Waals surface area contributed by atoms with Gasteiger partial charge in [0, 0.05) is 17.4 Å². The van der Waals surface area contributed by atoms with Gasteiger partial charge in [0.15, 0.2) is 0 Å². The zero-order valence-corrected chi connectivity index (χ0v) is 10.7. The number of rotatable bonds is 3. The van der Waals surface area contributed by atoms with E-state index in [1.54, 1.807) is 31.2 Å². The van der Waals surface area contributed by atoms with E-state index in [2.05, 4.69) is 9.97 Å². The number of aromatic amines is 1. The molecule has 6 heteroatoms. The van der Waals surface area contributed by atoms with Crippen molar-refractivity contribution in [2.45, 2.75) is 17.3 Å². The van der Waals surface area contributed by atoms with E-state index < -0.39 is 15.1 Å². The van der Waals surface area contributed by atoms with Gasteiger partial charge in [-0.15, -0.1) is 0 Å². The zero-order chi connectivity index (χ0) is 12.5. The van der Waals surface area contributed by atoms with Gasteiger partial charge in [-0.05, 0) is 24.6 Å². The van der Waals surface area contributed by atoms with E-state index in [0.29, 0.717) is 10.6 Å². The van der Waals surface area contributed by atoms with Crippen molar-refractivity contribution in [1.82, 2.24) is 9.97 Å². The molecule has 1 unspecified atom stereocenters. The molecule has 0 bridgehead atoms. The summed E-state index contributed by atoms with van der Waals surface area (Å²) in [5, 5.41) is -0.193. The van der Waals surface area contributed by atoms with E-state index in [9.17, 15) is 8.42 Å². The molecule has 2 aromatic rings. The van der Waals surface area contributed by atoms with Crippen LogP contribution < -0.4 is 0 Å². The summed E-state index contributed by atoms with van der Waals surface area (Å²) in [5.41, 5.74) is 0.647. The van der Waals surface area contributed by atoms with Crippen LogP contribution in [0.25, 0.3) is 0 Å². The predicted octanol–water partition coefficient (Wildman–Crippen LogP) is 2.60. The number of aromatic nitrogens is 2. The molecule has 1 N–H and O–H groups in total. The molecular weight excluding hydrogens is 260 g/mol. The summed E-state index contributed by atoms with van der Waals surface area (Å²) in [6, 6.07) is 6.81. The highest BCUT2D eigenvalue weighted by Crippen LogP contribution is 2.27. The molecule has 1 heterocycles. The Kier molecular flexibility index (Phi) is 3.22. The number of sulfone groups is 1. The van der Waals surface area contributed by atoms with E-state index in [0.717, 1.165) is 0 Å². The standard InChI is InChI=1S/C11H11ClN2O2S/c1-8(9-3-2-4-10(12)7-9)17(15,16)11-13-5-6-14-11/h2-8H,1H3,(H,13,14). The lowest BCUT2D eigenvalue weighted by atomic mass is 10.2. The molecule has 0 amide bonds. The van der Waals surface area contributed by atoms with E-state index in [4.69, 9.17) is 11.6 Å². The number of nitrogens with zero attached hydrogens (tertiary/aromatic N) is 1. The Bertz CT molecular complexity index is 608. The van der Waals surface area contributed by atoms with E-state index >= 15 is 0 Å². The maximum atomic E-state index is 12.2. The van der Waals surface area contributed by atoms with Crippen molar-refractivity contribution in [3.8, 4) is 0 Å². The zero-order valence-electron chi connectivity index (χ0n) is 9.09. The highest BCUT2D eigenvalue weighted by Gasteiger charge is 2.27. The van der Waals surface area contributed by atoms with Gasteiger partial charge in [0.1, 0.15) is 0 Å². The first-order chi connectivity index (χ1) is 8.01. The summed E-state index contributed by atoms with van der Waals surface area (Å²) >= 11 is 5.85. The number of nitrogens with one attached hydrogen (secondary N) is 1. The first-order valence-electron chi connectivity index (χ1n) is 5.00. The fourth-order valence-electron chi connectivity index (χ4n) is 1.51. The molecule has 2 rings (SSSR count). The van der Waals surface area contributed by atoms with E-state index in [1.165, 1.54) is 12.4 Å². The molecule has 1 aromatic heterocycles. The van der Waals surface area contributed by atoms with Gasteiger partial charge in [-0.3, -0.25) is 0 Å². The molecule has 4 nitrogen and oxygen atoms in total. The van der Waals surface area contributed by atoms with Crippen LogP contribution in [0.2, 0.25) is 5.02 Å². The highest BCUT2D eigenvalue weighted by molar-refractivity contribution is 7.91. The largest absolute Gasteiger partial charge is 0.336 e. The van der Waals surface area contributed by atoms with E-state index in [-0.39, 0.29) is 5.16 Å². The number of hydrogen-bond acceptors (Lipinski definition) is 3. The lowest BCUT2D eigenvalue weighted by Crippen LogP contribution is -2.12. The maximum Gasteiger partial charge on any atom is 0.225 e. The van der Waals surface area contributed by atoms with Gasteiger partial charge < -0.3 is 4.98 Å². The Balaban J connectivity index is 2.42. The third kappa shape index (κ3) is 2.35. The van der Waals surface area contributed by atoms with Gasteiger partial charge in [-0.25, -0.2) is 13.4 Å². The van der Waals surface area contributed by atoms with Gasteiger partial charge in [0.25, 0.3) is 0 Å². The Hall–Kier alpha value is -1.33. The summed E-state index contributed by atoms with van der Waals surface area (Å²) in [4.78, 5) is 6.39. The molecule has 0 saturated heterocycles. The second-order valence-electron chi connectivity index (χ2n) is 3.64.